The topological polar surface area (TPSA) is 122 Å². The van der Waals surface area contributed by atoms with Crippen molar-refractivity contribution in [2.45, 2.75) is 11.1 Å². The van der Waals surface area contributed by atoms with Gasteiger partial charge in [0.05, 0.1) is 28.1 Å². The summed E-state index contributed by atoms with van der Waals surface area (Å²) in [6, 6.07) is 8.16. The zero-order valence-electron chi connectivity index (χ0n) is 15.3. The molecule has 0 aliphatic heterocycles. The number of non-ortho nitro benzene ring substituents is 1. The monoisotopic (exact) mass is 444 g/mol. The zero-order valence-corrected chi connectivity index (χ0v) is 16.1. The van der Waals surface area contributed by atoms with Crippen molar-refractivity contribution in [1.82, 2.24) is 9.73 Å². The van der Waals surface area contributed by atoms with Crippen molar-refractivity contribution in [3.8, 4) is 0 Å². The Balaban J connectivity index is 1.96. The van der Waals surface area contributed by atoms with Gasteiger partial charge < -0.3 is 0 Å². The number of benzene rings is 2. The van der Waals surface area contributed by atoms with Gasteiger partial charge in [0.15, 0.2) is 0 Å². The maximum Gasteiger partial charge on any atom is 0.416 e. The Hall–Kier alpha value is -3.32. The number of carbonyl (C=O) groups is 1. The smallest absolute Gasteiger partial charge is 0.272 e. The van der Waals surface area contributed by atoms with Crippen LogP contribution in [0.25, 0.3) is 0 Å². The highest BCUT2D eigenvalue weighted by atomic mass is 32.2. The average Bonchev–Trinajstić information content (AvgIpc) is 2.67. The SMILES string of the molecule is CN(CC(=O)N/N=C\c1ccc(C(F)(F)F)cc1)S(=O)(=O)c1ccc([N+](=O)[O-])cc1. The fourth-order valence-electron chi connectivity index (χ4n) is 2.18. The lowest BCUT2D eigenvalue weighted by atomic mass is 10.1. The second-order valence-corrected chi connectivity index (χ2v) is 7.97. The molecule has 1 amide bonds. The summed E-state index contributed by atoms with van der Waals surface area (Å²) in [4.78, 5) is 21.6. The van der Waals surface area contributed by atoms with E-state index in [1.165, 1.54) is 0 Å². The van der Waals surface area contributed by atoms with Gasteiger partial charge in [-0.15, -0.1) is 0 Å². The molecule has 0 spiro atoms. The van der Waals surface area contributed by atoms with Crippen LogP contribution in [0.5, 0.6) is 0 Å². The predicted molar refractivity (Wildman–Crippen MR) is 100 cm³/mol. The van der Waals surface area contributed by atoms with Gasteiger partial charge in [-0.1, -0.05) is 12.1 Å². The van der Waals surface area contributed by atoms with E-state index >= 15 is 0 Å². The Morgan fingerprint density at radius 1 is 1.17 bits per heavy atom. The van der Waals surface area contributed by atoms with Gasteiger partial charge in [0.25, 0.3) is 11.6 Å². The second-order valence-electron chi connectivity index (χ2n) is 5.93. The molecule has 0 heterocycles. The zero-order chi connectivity index (χ0) is 22.5. The van der Waals surface area contributed by atoms with E-state index in [4.69, 9.17) is 0 Å². The van der Waals surface area contributed by atoms with Crippen LogP contribution >= 0.6 is 0 Å². The molecule has 0 radical (unpaired) electrons. The van der Waals surface area contributed by atoms with E-state index in [0.717, 1.165) is 66.1 Å². The Labute approximate surface area is 169 Å². The first-order chi connectivity index (χ1) is 13.9. The highest BCUT2D eigenvalue weighted by molar-refractivity contribution is 7.89. The van der Waals surface area contributed by atoms with Crippen LogP contribution in [0, 0.1) is 10.1 Å². The molecule has 0 atom stereocenters. The van der Waals surface area contributed by atoms with Crippen LogP contribution in [0.3, 0.4) is 0 Å². The first-order valence-electron chi connectivity index (χ1n) is 8.11. The second kappa shape index (κ2) is 9.00. The number of nitrogens with one attached hydrogen (secondary N) is 1. The largest absolute Gasteiger partial charge is 0.416 e. The lowest BCUT2D eigenvalue weighted by Crippen LogP contribution is -2.36. The van der Waals surface area contributed by atoms with Crippen molar-refractivity contribution in [2.75, 3.05) is 13.6 Å². The molecule has 2 rings (SSSR count). The van der Waals surface area contributed by atoms with Gasteiger partial charge >= 0.3 is 6.18 Å². The summed E-state index contributed by atoms with van der Waals surface area (Å²) >= 11 is 0. The average molecular weight is 444 g/mol. The summed E-state index contributed by atoms with van der Waals surface area (Å²) < 4.78 is 63.0. The van der Waals surface area contributed by atoms with Crippen LogP contribution in [0.15, 0.2) is 58.5 Å². The molecule has 0 aliphatic rings. The Morgan fingerprint density at radius 3 is 2.23 bits per heavy atom. The summed E-state index contributed by atoms with van der Waals surface area (Å²) in [6.45, 7) is -0.607. The van der Waals surface area contributed by atoms with Crippen molar-refractivity contribution in [1.29, 1.82) is 0 Å². The third kappa shape index (κ3) is 5.84. The Morgan fingerprint density at radius 2 is 1.73 bits per heavy atom. The quantitative estimate of drug-likeness (QED) is 0.399. The molecule has 0 saturated heterocycles. The van der Waals surface area contributed by atoms with Crippen LogP contribution in [0.4, 0.5) is 18.9 Å². The van der Waals surface area contributed by atoms with Gasteiger partial charge in [-0.05, 0) is 29.8 Å². The molecule has 0 bridgehead atoms. The van der Waals surface area contributed by atoms with Crippen LogP contribution in [-0.2, 0) is 21.0 Å². The number of hydrazone groups is 1. The number of likely N-dealkylation sites (N-methyl/N-ethyl adjacent to an activating group) is 1. The minimum absolute atomic E-state index is 0.239. The van der Waals surface area contributed by atoms with E-state index in [-0.39, 0.29) is 16.1 Å². The van der Waals surface area contributed by atoms with E-state index in [9.17, 15) is 36.5 Å². The number of halogens is 3. The Bertz CT molecular complexity index is 1050. The van der Waals surface area contributed by atoms with Gasteiger partial charge in [0, 0.05) is 19.2 Å². The fourth-order valence-corrected chi connectivity index (χ4v) is 3.31. The van der Waals surface area contributed by atoms with Crippen LogP contribution in [0.1, 0.15) is 11.1 Å². The van der Waals surface area contributed by atoms with Gasteiger partial charge in [-0.25, -0.2) is 13.8 Å². The van der Waals surface area contributed by atoms with Crippen molar-refractivity contribution in [2.24, 2.45) is 5.10 Å². The molecule has 0 aromatic heterocycles. The molecular formula is C17H15F3N4O5S. The third-order valence-electron chi connectivity index (χ3n) is 3.76. The van der Waals surface area contributed by atoms with Crippen molar-refractivity contribution >= 4 is 27.8 Å². The van der Waals surface area contributed by atoms with Gasteiger partial charge in [-0.2, -0.15) is 22.6 Å². The molecule has 2 aromatic carbocycles. The van der Waals surface area contributed by atoms with Crippen molar-refractivity contribution < 1.29 is 31.3 Å². The Kier molecular flexibility index (Phi) is 6.89. The summed E-state index contributed by atoms with van der Waals surface area (Å²) in [6.07, 6.45) is -3.37. The van der Waals surface area contributed by atoms with E-state index < -0.39 is 39.1 Å². The number of nitro benzene ring substituents is 1. The molecule has 30 heavy (non-hydrogen) atoms. The van der Waals surface area contributed by atoms with Crippen molar-refractivity contribution in [3.05, 3.63) is 69.8 Å². The maximum atomic E-state index is 12.5. The first kappa shape index (κ1) is 23.0. The number of hydrogen-bond donors (Lipinski definition) is 1. The number of amides is 1. The number of sulfonamides is 1. The molecule has 160 valence electrons. The summed E-state index contributed by atoms with van der Waals surface area (Å²) in [5.41, 5.74) is 1.24. The molecule has 0 unspecified atom stereocenters. The number of hydrogen-bond acceptors (Lipinski definition) is 6. The van der Waals surface area contributed by atoms with Crippen LogP contribution in [0.2, 0.25) is 0 Å². The fraction of sp³-hybridized carbons (Fsp3) is 0.176. The number of alkyl halides is 3. The summed E-state index contributed by atoms with van der Waals surface area (Å²) in [5.74, 6) is -0.800. The predicted octanol–water partition coefficient (Wildman–Crippen LogP) is 2.38. The molecular weight excluding hydrogens is 429 g/mol. The normalized spacial score (nSPS) is 12.3. The highest BCUT2D eigenvalue weighted by Crippen LogP contribution is 2.28. The van der Waals surface area contributed by atoms with Gasteiger partial charge in [0.1, 0.15) is 0 Å². The summed E-state index contributed by atoms with van der Waals surface area (Å²) in [5, 5.41) is 14.2. The third-order valence-corrected chi connectivity index (χ3v) is 5.58. The number of nitro groups is 1. The maximum absolute atomic E-state index is 12.5. The number of nitrogens with zero attached hydrogens (tertiary/aromatic N) is 3. The molecule has 13 heteroatoms. The van der Waals surface area contributed by atoms with Crippen molar-refractivity contribution in [3.63, 3.8) is 0 Å². The molecule has 0 saturated carbocycles. The van der Waals surface area contributed by atoms with E-state index in [0.29, 0.717) is 0 Å². The number of carbonyl (C=O) groups excluding carboxylic acids is 1. The molecule has 2 aromatic rings. The lowest BCUT2D eigenvalue weighted by molar-refractivity contribution is -0.384. The minimum atomic E-state index is -4.47. The molecule has 0 fully saturated rings. The van der Waals surface area contributed by atoms with E-state index in [1.54, 1.807) is 0 Å². The standard InChI is InChI=1S/C17H15F3N4O5S/c1-23(30(28,29)15-8-6-14(7-9-15)24(26)27)11-16(25)22-21-10-12-2-4-13(5-3-12)17(18,19)20/h2-10H,11H2,1H3,(H,22,25)/b21-10-. The van der Waals surface area contributed by atoms with Crippen LogP contribution < -0.4 is 5.43 Å². The molecule has 1 N–H and O–H groups in total. The first-order valence-corrected chi connectivity index (χ1v) is 9.55. The lowest BCUT2D eigenvalue weighted by Gasteiger charge is -2.15. The summed E-state index contributed by atoms with van der Waals surface area (Å²) in [7, 11) is -2.95. The van der Waals surface area contributed by atoms with E-state index in [1.807, 2.05) is 0 Å². The molecule has 9 nitrogen and oxygen atoms in total. The highest BCUT2D eigenvalue weighted by Gasteiger charge is 2.29. The van der Waals surface area contributed by atoms with Gasteiger partial charge in [0.2, 0.25) is 10.0 Å². The van der Waals surface area contributed by atoms with Crippen LogP contribution in [-0.4, -0.2) is 43.4 Å². The number of rotatable bonds is 7. The van der Waals surface area contributed by atoms with E-state index in [2.05, 4.69) is 10.5 Å². The van der Waals surface area contributed by atoms with Gasteiger partial charge in [-0.3, -0.25) is 14.9 Å². The minimum Gasteiger partial charge on any atom is -0.272 e. The molecule has 0 aliphatic carbocycles.